The largest absolute Gasteiger partial charge is 0.491 e. The van der Waals surface area contributed by atoms with Gasteiger partial charge in [-0.25, -0.2) is 4.79 Å². The van der Waals surface area contributed by atoms with E-state index in [1.165, 1.54) is 5.56 Å². The molecular formula is C16H22O4. The van der Waals surface area contributed by atoms with Crippen molar-refractivity contribution in [3.05, 3.63) is 29.3 Å². The van der Waals surface area contributed by atoms with Crippen molar-refractivity contribution in [2.75, 3.05) is 6.61 Å². The van der Waals surface area contributed by atoms with Crippen molar-refractivity contribution in [1.29, 1.82) is 0 Å². The van der Waals surface area contributed by atoms with Gasteiger partial charge >= 0.3 is 5.97 Å². The van der Waals surface area contributed by atoms with Crippen LogP contribution in [0.15, 0.2) is 18.2 Å². The minimum absolute atomic E-state index is 0.128. The van der Waals surface area contributed by atoms with E-state index in [1.807, 2.05) is 13.0 Å². The number of aliphatic carboxylic acids is 1. The molecule has 1 N–H and O–H groups in total. The predicted molar refractivity (Wildman–Crippen MR) is 76.3 cm³/mol. The molecule has 0 bridgehead atoms. The number of benzene rings is 1. The zero-order chi connectivity index (χ0) is 14.7. The van der Waals surface area contributed by atoms with Crippen molar-refractivity contribution < 1.29 is 19.4 Å². The van der Waals surface area contributed by atoms with Gasteiger partial charge in [0.1, 0.15) is 12.4 Å². The van der Waals surface area contributed by atoms with Crippen molar-refractivity contribution in [3.63, 3.8) is 0 Å². The third-order valence-corrected chi connectivity index (χ3v) is 3.60. The summed E-state index contributed by atoms with van der Waals surface area (Å²) in [6, 6.07) is 6.19. The van der Waals surface area contributed by atoms with Crippen LogP contribution in [0, 0.1) is 6.92 Å². The summed E-state index contributed by atoms with van der Waals surface area (Å²) >= 11 is 0. The molecule has 0 aliphatic carbocycles. The summed E-state index contributed by atoms with van der Waals surface area (Å²) in [4.78, 5) is 10.8. The molecule has 1 heterocycles. The Morgan fingerprint density at radius 2 is 2.20 bits per heavy atom. The number of hydrogen-bond acceptors (Lipinski definition) is 3. The van der Waals surface area contributed by atoms with E-state index in [4.69, 9.17) is 14.6 Å². The number of carboxylic acid groups (broad SMARTS) is 1. The highest BCUT2D eigenvalue weighted by Gasteiger charge is 2.30. The van der Waals surface area contributed by atoms with Crippen LogP contribution in [0.1, 0.15) is 43.7 Å². The normalized spacial score (nSPS) is 22.2. The molecule has 1 aromatic rings. The molecule has 2 atom stereocenters. The van der Waals surface area contributed by atoms with Crippen molar-refractivity contribution in [3.8, 4) is 5.75 Å². The summed E-state index contributed by atoms with van der Waals surface area (Å²) in [5.74, 6) is 0.384. The molecule has 0 spiro atoms. The summed E-state index contributed by atoms with van der Waals surface area (Å²) in [6.45, 7) is 6.70. The Balaban J connectivity index is 1.97. The standard InChI is InChI=1S/C16H22O4/c1-10(2)13-6-4-11(3)8-15(13)19-9-12-5-7-14(20-12)16(17)18/h4,6,8,10,12,14H,5,7,9H2,1-3H3,(H,17,18). The van der Waals surface area contributed by atoms with Crippen LogP contribution in [0.2, 0.25) is 0 Å². The fraction of sp³-hybridized carbons (Fsp3) is 0.562. The highest BCUT2D eigenvalue weighted by Crippen LogP contribution is 2.28. The van der Waals surface area contributed by atoms with Gasteiger partial charge in [0.15, 0.2) is 6.10 Å². The zero-order valence-corrected chi connectivity index (χ0v) is 12.3. The van der Waals surface area contributed by atoms with Gasteiger partial charge in [0.2, 0.25) is 0 Å². The van der Waals surface area contributed by atoms with E-state index in [0.29, 0.717) is 18.9 Å². The van der Waals surface area contributed by atoms with Crippen LogP contribution in [0.4, 0.5) is 0 Å². The van der Waals surface area contributed by atoms with E-state index in [-0.39, 0.29) is 6.10 Å². The molecule has 0 amide bonds. The molecule has 1 saturated heterocycles. The maximum absolute atomic E-state index is 10.8. The van der Waals surface area contributed by atoms with E-state index < -0.39 is 12.1 Å². The maximum atomic E-state index is 10.8. The molecule has 1 fully saturated rings. The number of rotatable bonds is 5. The number of carboxylic acids is 1. The van der Waals surface area contributed by atoms with Crippen molar-refractivity contribution >= 4 is 5.97 Å². The lowest BCUT2D eigenvalue weighted by molar-refractivity contribution is -0.149. The second-order valence-electron chi connectivity index (χ2n) is 5.67. The number of ether oxygens (including phenoxy) is 2. The molecule has 0 aromatic heterocycles. The Bertz CT molecular complexity index is 481. The second kappa shape index (κ2) is 6.27. The molecule has 2 unspecified atom stereocenters. The monoisotopic (exact) mass is 278 g/mol. The van der Waals surface area contributed by atoms with Crippen LogP contribution in [-0.2, 0) is 9.53 Å². The second-order valence-corrected chi connectivity index (χ2v) is 5.67. The fourth-order valence-electron chi connectivity index (χ4n) is 2.44. The quantitative estimate of drug-likeness (QED) is 0.899. The van der Waals surface area contributed by atoms with E-state index in [9.17, 15) is 4.79 Å². The van der Waals surface area contributed by atoms with Crippen molar-refractivity contribution in [1.82, 2.24) is 0 Å². The Hall–Kier alpha value is -1.55. The average Bonchev–Trinajstić information content (AvgIpc) is 2.85. The molecule has 1 aliphatic heterocycles. The number of hydrogen-bond donors (Lipinski definition) is 1. The van der Waals surface area contributed by atoms with Gasteiger partial charge in [-0.15, -0.1) is 0 Å². The zero-order valence-electron chi connectivity index (χ0n) is 12.3. The van der Waals surface area contributed by atoms with E-state index >= 15 is 0 Å². The van der Waals surface area contributed by atoms with Crippen LogP contribution in [-0.4, -0.2) is 29.9 Å². The molecule has 4 heteroatoms. The van der Waals surface area contributed by atoms with E-state index in [1.54, 1.807) is 0 Å². The van der Waals surface area contributed by atoms with Gasteiger partial charge < -0.3 is 14.6 Å². The van der Waals surface area contributed by atoms with Gasteiger partial charge in [-0.2, -0.15) is 0 Å². The highest BCUT2D eigenvalue weighted by molar-refractivity contribution is 5.72. The Kier molecular flexibility index (Phi) is 4.65. The van der Waals surface area contributed by atoms with Crippen LogP contribution in [0.3, 0.4) is 0 Å². The lowest BCUT2D eigenvalue weighted by atomic mass is 10.0. The molecule has 110 valence electrons. The summed E-state index contributed by atoms with van der Waals surface area (Å²) in [5, 5.41) is 8.90. The van der Waals surface area contributed by atoms with Crippen LogP contribution < -0.4 is 4.74 Å². The first-order chi connectivity index (χ1) is 9.47. The fourth-order valence-corrected chi connectivity index (χ4v) is 2.44. The molecule has 1 aliphatic rings. The molecule has 2 rings (SSSR count). The van der Waals surface area contributed by atoms with Gasteiger partial charge in [-0.3, -0.25) is 0 Å². The summed E-state index contributed by atoms with van der Waals surface area (Å²) in [7, 11) is 0. The summed E-state index contributed by atoms with van der Waals surface area (Å²) in [6.07, 6.45) is 0.496. The lowest BCUT2D eigenvalue weighted by Crippen LogP contribution is -2.23. The van der Waals surface area contributed by atoms with Crippen molar-refractivity contribution in [2.24, 2.45) is 0 Å². The molecule has 4 nitrogen and oxygen atoms in total. The lowest BCUT2D eigenvalue weighted by Gasteiger charge is -2.17. The van der Waals surface area contributed by atoms with Crippen molar-refractivity contribution in [2.45, 2.75) is 51.7 Å². The number of carbonyl (C=O) groups is 1. The molecular weight excluding hydrogens is 256 g/mol. The third-order valence-electron chi connectivity index (χ3n) is 3.60. The first-order valence-electron chi connectivity index (χ1n) is 7.09. The topological polar surface area (TPSA) is 55.8 Å². The van der Waals surface area contributed by atoms with Gasteiger partial charge in [-0.05, 0) is 42.9 Å². The highest BCUT2D eigenvalue weighted by atomic mass is 16.6. The SMILES string of the molecule is Cc1ccc(C(C)C)c(OCC2CCC(C(=O)O)O2)c1. The predicted octanol–water partition coefficient (Wildman–Crippen LogP) is 3.13. The molecule has 0 saturated carbocycles. The minimum Gasteiger partial charge on any atom is -0.491 e. The van der Waals surface area contributed by atoms with E-state index in [0.717, 1.165) is 17.7 Å². The Labute approximate surface area is 119 Å². The Morgan fingerprint density at radius 3 is 2.80 bits per heavy atom. The van der Waals surface area contributed by atoms with Crippen LogP contribution >= 0.6 is 0 Å². The van der Waals surface area contributed by atoms with Gasteiger partial charge in [-0.1, -0.05) is 26.0 Å². The first kappa shape index (κ1) is 14.9. The Morgan fingerprint density at radius 1 is 1.45 bits per heavy atom. The molecule has 20 heavy (non-hydrogen) atoms. The average molecular weight is 278 g/mol. The molecule has 1 aromatic carbocycles. The van der Waals surface area contributed by atoms with Gasteiger partial charge in [0, 0.05) is 0 Å². The maximum Gasteiger partial charge on any atom is 0.332 e. The number of aryl methyl sites for hydroxylation is 1. The van der Waals surface area contributed by atoms with E-state index in [2.05, 4.69) is 26.0 Å². The smallest absolute Gasteiger partial charge is 0.332 e. The summed E-state index contributed by atoms with van der Waals surface area (Å²) in [5.41, 5.74) is 2.32. The van der Waals surface area contributed by atoms with Gasteiger partial charge in [0.25, 0.3) is 0 Å². The van der Waals surface area contributed by atoms with Crippen LogP contribution in [0.5, 0.6) is 5.75 Å². The minimum atomic E-state index is -0.883. The van der Waals surface area contributed by atoms with Gasteiger partial charge in [0.05, 0.1) is 6.10 Å². The molecule has 0 radical (unpaired) electrons. The third kappa shape index (κ3) is 3.51. The first-order valence-corrected chi connectivity index (χ1v) is 7.09. The summed E-state index contributed by atoms with van der Waals surface area (Å²) < 4.78 is 11.3. The van der Waals surface area contributed by atoms with Crippen LogP contribution in [0.25, 0.3) is 0 Å².